The fourth-order valence-corrected chi connectivity index (χ4v) is 4.17. The molecule has 2 N–H and O–H groups in total. The van der Waals surface area contributed by atoms with Crippen LogP contribution < -0.4 is 5.73 Å². The molecule has 0 aromatic heterocycles. The van der Waals surface area contributed by atoms with E-state index in [2.05, 4.69) is 0 Å². The van der Waals surface area contributed by atoms with Crippen molar-refractivity contribution in [3.8, 4) is 0 Å². The van der Waals surface area contributed by atoms with Gasteiger partial charge in [0.05, 0.1) is 18.6 Å². The molecular weight excluding hydrogens is 446 g/mol. The molecule has 1 saturated heterocycles. The van der Waals surface area contributed by atoms with Crippen molar-refractivity contribution in [1.82, 2.24) is 4.90 Å². The Kier molecular flexibility index (Phi) is 7.32. The van der Waals surface area contributed by atoms with Gasteiger partial charge in [-0.05, 0) is 66.5 Å². The minimum absolute atomic E-state index is 0.0828. The van der Waals surface area contributed by atoms with Gasteiger partial charge in [0.15, 0.2) is 5.78 Å². The van der Waals surface area contributed by atoms with Crippen molar-refractivity contribution in [1.29, 1.82) is 0 Å². The summed E-state index contributed by atoms with van der Waals surface area (Å²) in [5.74, 6) is -1.25. The summed E-state index contributed by atoms with van der Waals surface area (Å²) in [7, 11) is 0. The fourth-order valence-electron chi connectivity index (χ4n) is 4.17. The maximum atomic E-state index is 13.5. The van der Waals surface area contributed by atoms with Crippen molar-refractivity contribution in [3.05, 3.63) is 118 Å². The second-order valence-corrected chi connectivity index (χ2v) is 8.64. The predicted molar refractivity (Wildman–Crippen MR) is 133 cm³/mol. The Morgan fingerprint density at radius 1 is 0.943 bits per heavy atom. The molecule has 0 spiro atoms. The molecule has 35 heavy (non-hydrogen) atoms. The summed E-state index contributed by atoms with van der Waals surface area (Å²) < 4.78 is 26.8. The lowest BCUT2D eigenvalue weighted by Crippen LogP contribution is -2.53. The smallest absolute Gasteiger partial charge is 0.240 e. The molecule has 3 aromatic carbocycles. The Hall–Kier alpha value is -3.90. The molecule has 1 fully saturated rings. The van der Waals surface area contributed by atoms with E-state index in [0.29, 0.717) is 28.7 Å². The lowest BCUT2D eigenvalue weighted by atomic mass is 9.88. The summed E-state index contributed by atoms with van der Waals surface area (Å²) in [6.45, 7) is 1.87. The van der Waals surface area contributed by atoms with E-state index in [1.165, 1.54) is 24.3 Å². The number of carbonyl (C=O) groups excluding carboxylic acids is 2. The Morgan fingerprint density at radius 3 is 2.06 bits per heavy atom. The molecule has 4 nitrogen and oxygen atoms in total. The largest absolute Gasteiger partial charge is 0.330 e. The highest BCUT2D eigenvalue weighted by Gasteiger charge is 2.36. The van der Waals surface area contributed by atoms with Crippen LogP contribution in [-0.2, 0) is 16.0 Å². The van der Waals surface area contributed by atoms with Crippen LogP contribution in [0.1, 0.15) is 23.6 Å². The van der Waals surface area contributed by atoms with Crippen LogP contribution in [0.2, 0.25) is 0 Å². The maximum absolute atomic E-state index is 13.5. The minimum Gasteiger partial charge on any atom is -0.330 e. The number of hydrogen-bond acceptors (Lipinski definition) is 3. The lowest BCUT2D eigenvalue weighted by Gasteiger charge is -2.37. The van der Waals surface area contributed by atoms with Gasteiger partial charge in [-0.3, -0.25) is 9.59 Å². The number of nitrogens with two attached hydrogens (primary N) is 1. The summed E-state index contributed by atoms with van der Waals surface area (Å²) in [6.07, 6.45) is 3.70. The van der Waals surface area contributed by atoms with Crippen LogP contribution in [0.4, 0.5) is 8.78 Å². The van der Waals surface area contributed by atoms with Crippen LogP contribution in [0, 0.1) is 11.6 Å². The van der Waals surface area contributed by atoms with Gasteiger partial charge in [-0.25, -0.2) is 8.78 Å². The number of piperidine rings is 1. The molecule has 0 saturated carbocycles. The first kappa shape index (κ1) is 24.2. The molecule has 2 atom stereocenters. The molecule has 1 aliphatic rings. The normalized spacial score (nSPS) is 19.3. The standard InChI is InChI=1S/C29H26F2N2O2/c1-19-26(16-22-9-13-25(31)14-10-22)28(34)23(15-21-7-11-24(30)12-8-21)18-33(19)29(35)27(32)17-20-5-3-2-4-6-20/h2-16,19,27H,17-18,32H2,1H3/b23-15+,26-16+/t19?,27-/m0/s1. The molecule has 1 unspecified atom stereocenters. The SMILES string of the molecule is CC1/C(=C\c2ccc(F)cc2)C(=O)/C(=C/c2ccc(F)cc2)CN1C(=O)[C@@H](N)Cc1ccccc1. The Bertz CT molecular complexity index is 1270. The third-order valence-electron chi connectivity index (χ3n) is 6.11. The molecule has 0 bridgehead atoms. The number of rotatable bonds is 5. The van der Waals surface area contributed by atoms with E-state index in [9.17, 15) is 18.4 Å². The van der Waals surface area contributed by atoms with Gasteiger partial charge in [0.1, 0.15) is 11.6 Å². The molecule has 1 aliphatic heterocycles. The van der Waals surface area contributed by atoms with E-state index < -0.39 is 12.1 Å². The zero-order chi connectivity index (χ0) is 24.9. The Morgan fingerprint density at radius 2 is 1.49 bits per heavy atom. The number of halogens is 2. The monoisotopic (exact) mass is 472 g/mol. The third-order valence-corrected chi connectivity index (χ3v) is 6.11. The van der Waals surface area contributed by atoms with Crippen LogP contribution in [0.15, 0.2) is 90.0 Å². The zero-order valence-electron chi connectivity index (χ0n) is 19.3. The number of amides is 1. The molecule has 178 valence electrons. The number of hydrogen-bond donors (Lipinski definition) is 1. The van der Waals surface area contributed by atoms with Crippen LogP contribution in [0.25, 0.3) is 12.2 Å². The maximum Gasteiger partial charge on any atom is 0.240 e. The van der Waals surface area contributed by atoms with Crippen molar-refractivity contribution in [3.63, 3.8) is 0 Å². The highest BCUT2D eigenvalue weighted by molar-refractivity contribution is 6.16. The Labute approximate surface area is 203 Å². The molecule has 6 heteroatoms. The van der Waals surface area contributed by atoms with Crippen molar-refractivity contribution >= 4 is 23.8 Å². The zero-order valence-corrected chi connectivity index (χ0v) is 19.3. The van der Waals surface area contributed by atoms with Crippen LogP contribution >= 0.6 is 0 Å². The molecule has 0 aliphatic carbocycles. The van der Waals surface area contributed by atoms with E-state index >= 15 is 0 Å². The summed E-state index contributed by atoms with van der Waals surface area (Å²) in [5, 5.41) is 0. The van der Waals surface area contributed by atoms with Gasteiger partial charge in [0.25, 0.3) is 0 Å². The van der Waals surface area contributed by atoms with Gasteiger partial charge in [-0.2, -0.15) is 0 Å². The first-order valence-electron chi connectivity index (χ1n) is 11.4. The molecule has 1 heterocycles. The van der Waals surface area contributed by atoms with E-state index in [4.69, 9.17) is 5.73 Å². The highest BCUT2D eigenvalue weighted by Crippen LogP contribution is 2.28. The van der Waals surface area contributed by atoms with E-state index in [1.54, 1.807) is 48.2 Å². The van der Waals surface area contributed by atoms with Gasteiger partial charge in [-0.15, -0.1) is 0 Å². The van der Waals surface area contributed by atoms with Crippen LogP contribution in [0.3, 0.4) is 0 Å². The van der Waals surface area contributed by atoms with Gasteiger partial charge >= 0.3 is 0 Å². The lowest BCUT2D eigenvalue weighted by molar-refractivity contribution is -0.134. The summed E-state index contributed by atoms with van der Waals surface area (Å²) in [5.41, 5.74) is 9.33. The second-order valence-electron chi connectivity index (χ2n) is 8.64. The third kappa shape index (κ3) is 5.78. The number of likely N-dealkylation sites (tertiary alicyclic amines) is 1. The number of ketones is 1. The second kappa shape index (κ2) is 10.6. The van der Waals surface area contributed by atoms with Crippen molar-refractivity contribution in [2.75, 3.05) is 6.54 Å². The van der Waals surface area contributed by atoms with Gasteiger partial charge < -0.3 is 10.6 Å². The number of Topliss-reactive ketones (excluding diaryl/α,β-unsaturated/α-hetero) is 1. The van der Waals surface area contributed by atoms with E-state index in [0.717, 1.165) is 5.56 Å². The predicted octanol–water partition coefficient (Wildman–Crippen LogP) is 4.80. The fraction of sp³-hybridized carbons (Fsp3) is 0.172. The molecule has 1 amide bonds. The quantitative estimate of drug-likeness (QED) is 0.543. The van der Waals surface area contributed by atoms with Crippen LogP contribution in [-0.4, -0.2) is 35.2 Å². The summed E-state index contributed by atoms with van der Waals surface area (Å²) >= 11 is 0. The average Bonchev–Trinajstić information content (AvgIpc) is 2.86. The molecular formula is C29H26F2N2O2. The van der Waals surface area contributed by atoms with Crippen molar-refractivity contribution in [2.24, 2.45) is 5.73 Å². The minimum atomic E-state index is -0.785. The molecule has 3 aromatic rings. The number of carbonyl (C=O) groups is 2. The average molecular weight is 473 g/mol. The van der Waals surface area contributed by atoms with Gasteiger partial charge in [0.2, 0.25) is 5.91 Å². The first-order chi connectivity index (χ1) is 16.8. The Balaban J connectivity index is 1.69. The van der Waals surface area contributed by atoms with Crippen molar-refractivity contribution < 1.29 is 18.4 Å². The highest BCUT2D eigenvalue weighted by atomic mass is 19.1. The molecule has 4 rings (SSSR count). The molecule has 0 radical (unpaired) electrons. The van der Waals surface area contributed by atoms with Crippen LogP contribution in [0.5, 0.6) is 0 Å². The van der Waals surface area contributed by atoms with Gasteiger partial charge in [0, 0.05) is 11.1 Å². The summed E-state index contributed by atoms with van der Waals surface area (Å²) in [6, 6.07) is 19.8. The van der Waals surface area contributed by atoms with Crippen molar-refractivity contribution in [2.45, 2.75) is 25.4 Å². The number of benzene rings is 3. The van der Waals surface area contributed by atoms with Gasteiger partial charge in [-0.1, -0.05) is 54.6 Å². The number of nitrogens with zero attached hydrogens (tertiary/aromatic N) is 1. The topological polar surface area (TPSA) is 63.4 Å². The van der Waals surface area contributed by atoms with E-state index in [1.807, 2.05) is 30.3 Å². The van der Waals surface area contributed by atoms with E-state index in [-0.39, 0.29) is 29.9 Å². The summed E-state index contributed by atoms with van der Waals surface area (Å²) in [4.78, 5) is 28.5. The first-order valence-corrected chi connectivity index (χ1v) is 11.4.